The zero-order valence-corrected chi connectivity index (χ0v) is 9.13. The summed E-state index contributed by atoms with van der Waals surface area (Å²) >= 11 is 0. The van der Waals surface area contributed by atoms with Crippen molar-refractivity contribution in [1.82, 2.24) is 4.90 Å². The van der Waals surface area contributed by atoms with Crippen molar-refractivity contribution in [3.8, 4) is 0 Å². The quantitative estimate of drug-likeness (QED) is 0.654. The second-order valence-electron chi connectivity index (χ2n) is 4.22. The van der Waals surface area contributed by atoms with Gasteiger partial charge >= 0.3 is 0 Å². The molecule has 0 aromatic carbocycles. The molecule has 1 atom stereocenters. The number of rotatable bonds is 7. The smallest absolute Gasteiger partial charge is 0.00793 e. The lowest BCUT2D eigenvalue weighted by Gasteiger charge is -2.21. The number of hydrogen-bond donors (Lipinski definition) is 1. The zero-order valence-electron chi connectivity index (χ0n) is 9.13. The first-order valence-electron chi connectivity index (χ1n) is 5.75. The van der Waals surface area contributed by atoms with Crippen molar-refractivity contribution in [2.75, 3.05) is 19.6 Å². The van der Waals surface area contributed by atoms with E-state index in [1.165, 1.54) is 45.3 Å². The van der Waals surface area contributed by atoms with Crippen LogP contribution in [0, 0.1) is 5.92 Å². The molecule has 1 fully saturated rings. The molecule has 2 heteroatoms. The number of nitrogens with two attached hydrogens (primary N) is 1. The van der Waals surface area contributed by atoms with Gasteiger partial charge in [0.1, 0.15) is 0 Å². The molecule has 0 amide bonds. The molecule has 1 aliphatic carbocycles. The van der Waals surface area contributed by atoms with Crippen LogP contribution in [0.3, 0.4) is 0 Å². The van der Waals surface area contributed by atoms with Crippen LogP contribution >= 0.6 is 0 Å². The van der Waals surface area contributed by atoms with Gasteiger partial charge in [0, 0.05) is 6.04 Å². The Morgan fingerprint density at radius 3 is 2.46 bits per heavy atom. The second-order valence-corrected chi connectivity index (χ2v) is 4.22. The van der Waals surface area contributed by atoms with Crippen molar-refractivity contribution < 1.29 is 0 Å². The molecule has 0 spiro atoms. The minimum Gasteiger partial charge on any atom is -0.327 e. The molecule has 0 aliphatic heterocycles. The Hall–Kier alpha value is -0.0800. The number of nitrogens with zero attached hydrogens (tertiary/aromatic N) is 1. The van der Waals surface area contributed by atoms with Crippen LogP contribution in [0.4, 0.5) is 0 Å². The molecule has 2 N–H and O–H groups in total. The molecule has 1 unspecified atom stereocenters. The summed E-state index contributed by atoms with van der Waals surface area (Å²) in [5.74, 6) is 0.861. The lowest BCUT2D eigenvalue weighted by Crippen LogP contribution is -2.32. The van der Waals surface area contributed by atoms with E-state index < -0.39 is 0 Å². The van der Waals surface area contributed by atoms with Crippen LogP contribution in [0.15, 0.2) is 0 Å². The molecule has 78 valence electrons. The van der Waals surface area contributed by atoms with Gasteiger partial charge in [0.15, 0.2) is 0 Å². The molecule has 0 radical (unpaired) electrons. The summed E-state index contributed by atoms with van der Waals surface area (Å²) < 4.78 is 0. The topological polar surface area (TPSA) is 29.3 Å². The zero-order chi connectivity index (χ0) is 9.68. The van der Waals surface area contributed by atoms with Crippen LogP contribution in [-0.2, 0) is 0 Å². The Kier molecular flexibility index (Phi) is 4.74. The van der Waals surface area contributed by atoms with Crippen LogP contribution in [-0.4, -0.2) is 30.6 Å². The molecule has 13 heavy (non-hydrogen) atoms. The van der Waals surface area contributed by atoms with Crippen LogP contribution in [0.5, 0.6) is 0 Å². The Morgan fingerprint density at radius 1 is 1.31 bits per heavy atom. The van der Waals surface area contributed by atoms with Gasteiger partial charge in [-0.1, -0.05) is 13.8 Å². The van der Waals surface area contributed by atoms with E-state index in [2.05, 4.69) is 18.7 Å². The van der Waals surface area contributed by atoms with Crippen molar-refractivity contribution in [3.63, 3.8) is 0 Å². The predicted molar refractivity (Wildman–Crippen MR) is 57.7 cm³/mol. The fraction of sp³-hybridized carbons (Fsp3) is 1.00. The first kappa shape index (κ1) is 11.0. The molecule has 0 aromatic rings. The summed E-state index contributed by atoms with van der Waals surface area (Å²) in [5, 5.41) is 0. The van der Waals surface area contributed by atoms with E-state index in [1.807, 2.05) is 0 Å². The fourth-order valence-corrected chi connectivity index (χ4v) is 1.84. The van der Waals surface area contributed by atoms with Gasteiger partial charge in [-0.05, 0) is 51.2 Å². The van der Waals surface area contributed by atoms with Gasteiger partial charge in [-0.15, -0.1) is 0 Å². The highest BCUT2D eigenvalue weighted by atomic mass is 15.1. The van der Waals surface area contributed by atoms with E-state index in [1.54, 1.807) is 0 Å². The van der Waals surface area contributed by atoms with Crippen LogP contribution < -0.4 is 5.73 Å². The van der Waals surface area contributed by atoms with Crippen LogP contribution in [0.25, 0.3) is 0 Å². The van der Waals surface area contributed by atoms with Gasteiger partial charge in [0.05, 0.1) is 0 Å². The van der Waals surface area contributed by atoms with Crippen molar-refractivity contribution in [2.45, 2.75) is 45.6 Å². The van der Waals surface area contributed by atoms with E-state index in [0.29, 0.717) is 6.04 Å². The normalized spacial score (nSPS) is 19.4. The highest BCUT2D eigenvalue weighted by Crippen LogP contribution is 2.32. The summed E-state index contributed by atoms with van der Waals surface area (Å²) in [5.41, 5.74) is 6.05. The third-order valence-corrected chi connectivity index (χ3v) is 2.99. The van der Waals surface area contributed by atoms with Crippen molar-refractivity contribution in [2.24, 2.45) is 11.7 Å². The maximum atomic E-state index is 6.05. The first-order chi connectivity index (χ1) is 6.27. The first-order valence-corrected chi connectivity index (χ1v) is 5.75. The molecule has 1 rings (SSSR count). The lowest BCUT2D eigenvalue weighted by atomic mass is 10.1. The molecule has 2 nitrogen and oxygen atoms in total. The van der Waals surface area contributed by atoms with Gasteiger partial charge in [-0.25, -0.2) is 0 Å². The van der Waals surface area contributed by atoms with Gasteiger partial charge in [0.2, 0.25) is 0 Å². The summed E-state index contributed by atoms with van der Waals surface area (Å²) in [7, 11) is 0. The van der Waals surface area contributed by atoms with Gasteiger partial charge < -0.3 is 10.6 Å². The second kappa shape index (κ2) is 5.61. The summed E-state index contributed by atoms with van der Waals surface area (Å²) in [4.78, 5) is 2.50. The van der Waals surface area contributed by atoms with Crippen molar-refractivity contribution >= 4 is 0 Å². The molecule has 0 bridgehead atoms. The maximum absolute atomic E-state index is 6.05. The molecule has 1 aliphatic rings. The monoisotopic (exact) mass is 184 g/mol. The Bertz CT molecular complexity index is 132. The van der Waals surface area contributed by atoms with Crippen molar-refractivity contribution in [1.29, 1.82) is 0 Å². The van der Waals surface area contributed by atoms with Gasteiger partial charge in [-0.2, -0.15) is 0 Å². The highest BCUT2D eigenvalue weighted by Gasteiger charge is 2.28. The van der Waals surface area contributed by atoms with Crippen LogP contribution in [0.1, 0.15) is 39.5 Å². The van der Waals surface area contributed by atoms with Crippen LogP contribution in [0.2, 0.25) is 0 Å². The molecular formula is C11H24N2. The third-order valence-electron chi connectivity index (χ3n) is 2.99. The van der Waals surface area contributed by atoms with Crippen molar-refractivity contribution in [3.05, 3.63) is 0 Å². The SMILES string of the molecule is CCCN(CC)CCC(N)C1CC1. The van der Waals surface area contributed by atoms with E-state index in [-0.39, 0.29) is 0 Å². The Labute approximate surface area is 82.5 Å². The fourth-order valence-electron chi connectivity index (χ4n) is 1.84. The molecule has 0 aromatic heterocycles. The largest absolute Gasteiger partial charge is 0.327 e. The summed E-state index contributed by atoms with van der Waals surface area (Å²) in [6.45, 7) is 8.07. The molecule has 0 saturated heterocycles. The van der Waals surface area contributed by atoms with Gasteiger partial charge in [-0.3, -0.25) is 0 Å². The Morgan fingerprint density at radius 2 is 2.00 bits per heavy atom. The number of hydrogen-bond acceptors (Lipinski definition) is 2. The average molecular weight is 184 g/mol. The maximum Gasteiger partial charge on any atom is 0.00793 e. The predicted octanol–water partition coefficient (Wildman–Crippen LogP) is 1.85. The standard InChI is InChI=1S/C11H24N2/c1-3-8-13(4-2)9-7-11(12)10-5-6-10/h10-11H,3-9,12H2,1-2H3. The highest BCUT2D eigenvalue weighted by molar-refractivity contribution is 4.84. The Balaban J connectivity index is 2.06. The summed E-state index contributed by atoms with van der Waals surface area (Å²) in [6, 6.07) is 0.478. The molecule has 0 heterocycles. The van der Waals surface area contributed by atoms with E-state index >= 15 is 0 Å². The van der Waals surface area contributed by atoms with Gasteiger partial charge in [0.25, 0.3) is 0 Å². The summed E-state index contributed by atoms with van der Waals surface area (Å²) in [6.07, 6.45) is 5.20. The average Bonchev–Trinajstić information content (AvgIpc) is 2.94. The minimum atomic E-state index is 0.478. The molecular weight excluding hydrogens is 160 g/mol. The van der Waals surface area contributed by atoms with E-state index in [4.69, 9.17) is 5.73 Å². The third kappa shape index (κ3) is 4.10. The minimum absolute atomic E-state index is 0.478. The van der Waals surface area contributed by atoms with E-state index in [9.17, 15) is 0 Å². The van der Waals surface area contributed by atoms with E-state index in [0.717, 1.165) is 5.92 Å². The molecule has 1 saturated carbocycles. The lowest BCUT2D eigenvalue weighted by molar-refractivity contribution is 0.272.